The molecule has 1 saturated heterocycles. The van der Waals surface area contributed by atoms with Gasteiger partial charge in [0.1, 0.15) is 0 Å². The maximum absolute atomic E-state index is 6.03. The molecule has 3 nitrogen and oxygen atoms in total. The highest BCUT2D eigenvalue weighted by Crippen LogP contribution is 2.34. The minimum Gasteiger partial charge on any atom is -0.381 e. The number of hydrogen-bond donors (Lipinski definition) is 1. The number of piperidine rings is 1. The van der Waals surface area contributed by atoms with Gasteiger partial charge in [0.15, 0.2) is 0 Å². The zero-order valence-electron chi connectivity index (χ0n) is 13.0. The van der Waals surface area contributed by atoms with Crippen LogP contribution in [0.2, 0.25) is 0 Å². The van der Waals surface area contributed by atoms with Gasteiger partial charge in [-0.05, 0) is 24.3 Å². The molecule has 1 aliphatic rings. The van der Waals surface area contributed by atoms with Crippen LogP contribution in [0.25, 0.3) is 0 Å². The van der Waals surface area contributed by atoms with Gasteiger partial charge in [-0.1, -0.05) is 44.2 Å². The molecule has 0 bridgehead atoms. The van der Waals surface area contributed by atoms with E-state index in [0.717, 1.165) is 19.4 Å². The molecule has 1 heterocycles. The molecule has 0 amide bonds. The average molecular weight is 276 g/mol. The zero-order chi connectivity index (χ0) is 14.5. The van der Waals surface area contributed by atoms with Crippen LogP contribution in [0.1, 0.15) is 38.3 Å². The second-order valence-corrected chi connectivity index (χ2v) is 6.11. The Balaban J connectivity index is 2.21. The van der Waals surface area contributed by atoms with E-state index in [0.29, 0.717) is 30.7 Å². The normalized spacial score (nSPS) is 25.9. The summed E-state index contributed by atoms with van der Waals surface area (Å²) in [6, 6.07) is 11.7. The molecule has 112 valence electrons. The van der Waals surface area contributed by atoms with Gasteiger partial charge in [0.25, 0.3) is 0 Å². The van der Waals surface area contributed by atoms with E-state index in [1.54, 1.807) is 0 Å². The highest BCUT2D eigenvalue weighted by atomic mass is 16.5. The summed E-state index contributed by atoms with van der Waals surface area (Å²) < 4.78 is 5.54. The monoisotopic (exact) mass is 276 g/mol. The first kappa shape index (κ1) is 15.5. The van der Waals surface area contributed by atoms with Crippen molar-refractivity contribution in [2.24, 2.45) is 11.7 Å². The van der Waals surface area contributed by atoms with E-state index < -0.39 is 0 Å². The predicted molar refractivity (Wildman–Crippen MR) is 83.6 cm³/mol. The van der Waals surface area contributed by atoms with E-state index >= 15 is 0 Å². The molecule has 2 N–H and O–H groups in total. The molecule has 3 atom stereocenters. The Hall–Kier alpha value is -0.900. The molecule has 0 aromatic heterocycles. The van der Waals surface area contributed by atoms with Crippen LogP contribution in [-0.4, -0.2) is 37.2 Å². The summed E-state index contributed by atoms with van der Waals surface area (Å²) in [5.74, 6) is 0.575. The number of likely N-dealkylation sites (tertiary alicyclic amines) is 1. The van der Waals surface area contributed by atoms with E-state index in [2.05, 4.69) is 49.1 Å². The standard InChI is InChI=1S/C17H28N2O/c1-13(2)17(14-7-5-4-6-8-14)19-10-9-16(20-3)11-15(19)12-18/h4-8,13,15-17H,9-12,18H2,1-3H3. The third-order valence-electron chi connectivity index (χ3n) is 4.45. The summed E-state index contributed by atoms with van der Waals surface area (Å²) in [4.78, 5) is 2.59. The number of methoxy groups -OCH3 is 1. The van der Waals surface area contributed by atoms with Gasteiger partial charge in [-0.15, -0.1) is 0 Å². The van der Waals surface area contributed by atoms with Gasteiger partial charge < -0.3 is 10.5 Å². The van der Waals surface area contributed by atoms with Crippen LogP contribution in [0.5, 0.6) is 0 Å². The quantitative estimate of drug-likeness (QED) is 0.898. The number of benzene rings is 1. The van der Waals surface area contributed by atoms with E-state index in [4.69, 9.17) is 10.5 Å². The zero-order valence-corrected chi connectivity index (χ0v) is 13.0. The molecule has 1 fully saturated rings. The van der Waals surface area contributed by atoms with Gasteiger partial charge in [-0.3, -0.25) is 4.90 Å². The molecule has 2 rings (SSSR count). The number of nitrogens with two attached hydrogens (primary N) is 1. The third-order valence-corrected chi connectivity index (χ3v) is 4.45. The van der Waals surface area contributed by atoms with Crippen LogP contribution in [0, 0.1) is 5.92 Å². The molecule has 0 saturated carbocycles. The lowest BCUT2D eigenvalue weighted by Crippen LogP contribution is -2.51. The van der Waals surface area contributed by atoms with Crippen LogP contribution < -0.4 is 5.73 Å². The molecule has 3 unspecified atom stereocenters. The second-order valence-electron chi connectivity index (χ2n) is 6.11. The Kier molecular flexibility index (Phi) is 5.58. The van der Waals surface area contributed by atoms with Crippen molar-refractivity contribution in [3.63, 3.8) is 0 Å². The lowest BCUT2D eigenvalue weighted by atomic mass is 9.89. The van der Waals surface area contributed by atoms with Crippen LogP contribution in [-0.2, 0) is 4.74 Å². The van der Waals surface area contributed by atoms with Gasteiger partial charge in [0.2, 0.25) is 0 Å². The molecule has 0 aliphatic carbocycles. The minimum atomic E-state index is 0.364. The summed E-state index contributed by atoms with van der Waals surface area (Å²) in [6.45, 7) is 6.37. The average Bonchev–Trinajstić information content (AvgIpc) is 2.48. The Morgan fingerprint density at radius 3 is 2.55 bits per heavy atom. The van der Waals surface area contributed by atoms with E-state index in [9.17, 15) is 0 Å². The van der Waals surface area contributed by atoms with Crippen molar-refractivity contribution in [3.05, 3.63) is 35.9 Å². The summed E-state index contributed by atoms with van der Waals surface area (Å²) >= 11 is 0. The molecule has 1 aromatic rings. The summed E-state index contributed by atoms with van der Waals surface area (Å²) in [7, 11) is 1.81. The van der Waals surface area contributed by atoms with Crippen LogP contribution in [0.15, 0.2) is 30.3 Å². The molecular weight excluding hydrogens is 248 g/mol. The Labute approximate surface area is 123 Å². The molecule has 1 aromatic carbocycles. The van der Waals surface area contributed by atoms with Gasteiger partial charge in [-0.2, -0.15) is 0 Å². The van der Waals surface area contributed by atoms with Gasteiger partial charge >= 0.3 is 0 Å². The Morgan fingerprint density at radius 1 is 1.30 bits per heavy atom. The largest absolute Gasteiger partial charge is 0.381 e. The fourth-order valence-corrected chi connectivity index (χ4v) is 3.45. The maximum Gasteiger partial charge on any atom is 0.0599 e. The van der Waals surface area contributed by atoms with Gasteiger partial charge in [0.05, 0.1) is 6.10 Å². The molecule has 1 aliphatic heterocycles. The number of hydrogen-bond acceptors (Lipinski definition) is 3. The minimum absolute atomic E-state index is 0.364. The topological polar surface area (TPSA) is 38.5 Å². The van der Waals surface area contributed by atoms with Crippen molar-refractivity contribution in [1.29, 1.82) is 0 Å². The van der Waals surface area contributed by atoms with E-state index in [1.807, 2.05) is 7.11 Å². The second kappa shape index (κ2) is 7.21. The smallest absolute Gasteiger partial charge is 0.0599 e. The summed E-state index contributed by atoms with van der Waals surface area (Å²) in [5.41, 5.74) is 7.43. The van der Waals surface area contributed by atoms with Crippen molar-refractivity contribution in [2.45, 2.75) is 44.9 Å². The lowest BCUT2D eigenvalue weighted by Gasteiger charge is -2.45. The van der Waals surface area contributed by atoms with Crippen LogP contribution in [0.3, 0.4) is 0 Å². The van der Waals surface area contributed by atoms with E-state index in [1.165, 1.54) is 5.56 Å². The Morgan fingerprint density at radius 2 is 2.00 bits per heavy atom. The van der Waals surface area contributed by atoms with E-state index in [-0.39, 0.29) is 0 Å². The first-order valence-corrected chi connectivity index (χ1v) is 7.71. The van der Waals surface area contributed by atoms with Crippen molar-refractivity contribution in [1.82, 2.24) is 4.90 Å². The van der Waals surface area contributed by atoms with Crippen molar-refractivity contribution < 1.29 is 4.74 Å². The summed E-state index contributed by atoms with van der Waals surface area (Å²) in [5, 5.41) is 0. The number of rotatable bonds is 5. The molecular formula is C17H28N2O. The third kappa shape index (κ3) is 3.40. The lowest BCUT2D eigenvalue weighted by molar-refractivity contribution is -0.0137. The van der Waals surface area contributed by atoms with Crippen LogP contribution >= 0.6 is 0 Å². The van der Waals surface area contributed by atoms with Crippen molar-refractivity contribution in [2.75, 3.05) is 20.2 Å². The molecule has 20 heavy (non-hydrogen) atoms. The van der Waals surface area contributed by atoms with Gasteiger partial charge in [0, 0.05) is 32.3 Å². The highest BCUT2D eigenvalue weighted by molar-refractivity contribution is 5.20. The number of nitrogens with zero attached hydrogens (tertiary/aromatic N) is 1. The van der Waals surface area contributed by atoms with Crippen LogP contribution in [0.4, 0.5) is 0 Å². The molecule has 0 radical (unpaired) electrons. The molecule has 3 heteroatoms. The fraction of sp³-hybridized carbons (Fsp3) is 0.647. The van der Waals surface area contributed by atoms with Crippen molar-refractivity contribution >= 4 is 0 Å². The summed E-state index contributed by atoms with van der Waals surface area (Å²) in [6.07, 6.45) is 2.51. The first-order chi connectivity index (χ1) is 9.67. The molecule has 0 spiro atoms. The maximum atomic E-state index is 6.03. The first-order valence-electron chi connectivity index (χ1n) is 7.71. The van der Waals surface area contributed by atoms with Gasteiger partial charge in [-0.25, -0.2) is 0 Å². The SMILES string of the molecule is COC1CCN(C(c2ccccc2)C(C)C)C(CN)C1. The predicted octanol–water partition coefficient (Wildman–Crippen LogP) is 2.82. The van der Waals surface area contributed by atoms with Crippen molar-refractivity contribution in [3.8, 4) is 0 Å². The Bertz CT molecular complexity index is 393. The highest BCUT2D eigenvalue weighted by Gasteiger charge is 2.34. The number of ether oxygens (including phenoxy) is 1. The fourth-order valence-electron chi connectivity index (χ4n) is 3.45.